The van der Waals surface area contributed by atoms with Gasteiger partial charge < -0.3 is 29.7 Å². The average Bonchev–Trinajstić information content (AvgIpc) is 2.90. The molecule has 2 aliphatic heterocycles. The van der Waals surface area contributed by atoms with Crippen LogP contribution >= 0.6 is 0 Å². The van der Waals surface area contributed by atoms with Crippen molar-refractivity contribution >= 4 is 23.3 Å². The van der Waals surface area contributed by atoms with Crippen molar-refractivity contribution in [1.29, 1.82) is 0 Å². The van der Waals surface area contributed by atoms with Gasteiger partial charge in [0.15, 0.2) is 0 Å². The second-order valence-electron chi connectivity index (χ2n) is 5.66. The van der Waals surface area contributed by atoms with E-state index in [1.165, 1.54) is 14.2 Å². The van der Waals surface area contributed by atoms with Gasteiger partial charge in [0.25, 0.3) is 0 Å². The van der Waals surface area contributed by atoms with Crippen molar-refractivity contribution in [2.24, 2.45) is 0 Å². The molecule has 2 aliphatic rings. The fraction of sp³-hybridized carbons (Fsp3) is 0.412. The first-order valence-corrected chi connectivity index (χ1v) is 7.98. The predicted molar refractivity (Wildman–Crippen MR) is 91.0 cm³/mol. The molecule has 1 aromatic carbocycles. The largest absolute Gasteiger partial charge is 0.466 e. The lowest BCUT2D eigenvalue weighted by atomic mass is 10.1. The first-order chi connectivity index (χ1) is 12.2. The molecule has 2 N–H and O–H groups in total. The molecule has 0 aromatic heterocycles. The molecule has 8 nitrogen and oxygen atoms in total. The van der Waals surface area contributed by atoms with Gasteiger partial charge in [0.05, 0.1) is 26.4 Å². The molecule has 134 valence electrons. The zero-order valence-corrected chi connectivity index (χ0v) is 14.3. The molecule has 0 aliphatic carbocycles. The predicted octanol–water partition coefficient (Wildman–Crippen LogP) is 0.596. The molecule has 25 heavy (non-hydrogen) atoms. The topological polar surface area (TPSA) is 89.1 Å². The molecule has 0 radical (unpaired) electrons. The van der Waals surface area contributed by atoms with Gasteiger partial charge in [-0.25, -0.2) is 9.59 Å². The molecule has 8 heteroatoms. The summed E-state index contributed by atoms with van der Waals surface area (Å²) in [5.74, 6) is -1.21. The Morgan fingerprint density at radius 1 is 1.16 bits per heavy atom. The van der Waals surface area contributed by atoms with Crippen LogP contribution in [0.5, 0.6) is 0 Å². The molecule has 0 unspecified atom stereocenters. The third-order valence-corrected chi connectivity index (χ3v) is 4.17. The van der Waals surface area contributed by atoms with Crippen LogP contribution < -0.4 is 15.5 Å². The summed E-state index contributed by atoms with van der Waals surface area (Å²) in [4.78, 5) is 26.0. The van der Waals surface area contributed by atoms with Crippen LogP contribution in [-0.2, 0) is 30.3 Å². The van der Waals surface area contributed by atoms with E-state index >= 15 is 0 Å². The molecule has 1 aromatic rings. The third kappa shape index (κ3) is 3.45. The number of fused-ring (bicyclic) bond motifs is 1. The summed E-state index contributed by atoms with van der Waals surface area (Å²) in [7, 11) is 2.55. The number of ether oxygens (including phenoxy) is 3. The van der Waals surface area contributed by atoms with Crippen molar-refractivity contribution in [3.8, 4) is 0 Å². The third-order valence-electron chi connectivity index (χ3n) is 4.17. The fourth-order valence-electron chi connectivity index (χ4n) is 2.92. The van der Waals surface area contributed by atoms with Crippen LogP contribution in [0.25, 0.3) is 0 Å². The van der Waals surface area contributed by atoms with Crippen molar-refractivity contribution in [3.05, 3.63) is 35.0 Å². The van der Waals surface area contributed by atoms with E-state index < -0.39 is 11.9 Å². The molecular formula is C17H21N3O5. The van der Waals surface area contributed by atoms with Crippen LogP contribution in [0.3, 0.4) is 0 Å². The number of anilines is 2. The number of methoxy groups -OCH3 is 2. The summed E-state index contributed by atoms with van der Waals surface area (Å²) in [6.45, 7) is 2.58. The minimum absolute atomic E-state index is 0.00165. The van der Waals surface area contributed by atoms with E-state index in [0.29, 0.717) is 6.54 Å². The van der Waals surface area contributed by atoms with Crippen molar-refractivity contribution in [2.45, 2.75) is 6.54 Å². The number of nitrogens with zero attached hydrogens (tertiary/aromatic N) is 1. The maximum Gasteiger partial charge on any atom is 0.355 e. The van der Waals surface area contributed by atoms with Gasteiger partial charge in [-0.1, -0.05) is 0 Å². The number of nitrogens with one attached hydrogen (secondary N) is 2. The molecule has 0 fully saturated rings. The lowest BCUT2D eigenvalue weighted by molar-refractivity contribution is -0.140. The number of carbonyl (C=O) groups is 2. The smallest absolute Gasteiger partial charge is 0.355 e. The lowest BCUT2D eigenvalue weighted by Crippen LogP contribution is -2.38. The summed E-state index contributed by atoms with van der Waals surface area (Å²) in [6, 6.07) is 5.80. The van der Waals surface area contributed by atoms with Crippen LogP contribution in [0.2, 0.25) is 0 Å². The number of hydrogen-bond acceptors (Lipinski definition) is 8. The summed E-state index contributed by atoms with van der Waals surface area (Å²) in [6.07, 6.45) is 0. The second-order valence-corrected chi connectivity index (χ2v) is 5.66. The zero-order chi connectivity index (χ0) is 17.8. The van der Waals surface area contributed by atoms with Crippen LogP contribution in [0.1, 0.15) is 5.56 Å². The summed E-state index contributed by atoms with van der Waals surface area (Å²) < 4.78 is 15.1. The monoisotopic (exact) mass is 347 g/mol. The van der Waals surface area contributed by atoms with Gasteiger partial charge in [-0.3, -0.25) is 0 Å². The Labute approximate surface area is 145 Å². The summed E-state index contributed by atoms with van der Waals surface area (Å²) in [5, 5.41) is 6.67. The van der Waals surface area contributed by atoms with Crippen molar-refractivity contribution in [3.63, 3.8) is 0 Å². The van der Waals surface area contributed by atoms with E-state index in [4.69, 9.17) is 14.2 Å². The van der Waals surface area contributed by atoms with E-state index in [1.807, 2.05) is 18.2 Å². The van der Waals surface area contributed by atoms with Gasteiger partial charge in [0, 0.05) is 31.0 Å². The summed E-state index contributed by atoms with van der Waals surface area (Å²) in [5.41, 5.74) is 3.15. The van der Waals surface area contributed by atoms with E-state index in [0.717, 1.165) is 30.0 Å². The van der Waals surface area contributed by atoms with Crippen molar-refractivity contribution < 1.29 is 23.8 Å². The summed E-state index contributed by atoms with van der Waals surface area (Å²) >= 11 is 0. The molecule has 0 atom stereocenters. The van der Waals surface area contributed by atoms with Gasteiger partial charge in [0.1, 0.15) is 12.4 Å². The number of hydrogen-bond donors (Lipinski definition) is 2. The van der Waals surface area contributed by atoms with Gasteiger partial charge in [-0.05, 0) is 23.8 Å². The van der Waals surface area contributed by atoms with E-state index in [2.05, 4.69) is 10.6 Å². The molecule has 0 bridgehead atoms. The van der Waals surface area contributed by atoms with Crippen molar-refractivity contribution in [1.82, 2.24) is 5.32 Å². The highest BCUT2D eigenvalue weighted by Gasteiger charge is 2.32. The second kappa shape index (κ2) is 7.54. The molecule has 3 rings (SSSR count). The highest BCUT2D eigenvalue weighted by Crippen LogP contribution is 2.30. The van der Waals surface area contributed by atoms with Crippen LogP contribution in [0.4, 0.5) is 11.4 Å². The number of esters is 2. The Morgan fingerprint density at radius 3 is 2.72 bits per heavy atom. The molecule has 0 amide bonds. The van der Waals surface area contributed by atoms with Gasteiger partial charge in [-0.15, -0.1) is 0 Å². The molecule has 0 spiro atoms. The van der Waals surface area contributed by atoms with E-state index in [1.54, 1.807) is 4.90 Å². The van der Waals surface area contributed by atoms with Gasteiger partial charge in [0.2, 0.25) is 0 Å². The lowest BCUT2D eigenvalue weighted by Gasteiger charge is -2.31. The highest BCUT2D eigenvalue weighted by atomic mass is 16.5. The maximum atomic E-state index is 12.3. The Morgan fingerprint density at radius 2 is 1.96 bits per heavy atom. The number of benzene rings is 1. The Balaban J connectivity index is 2.03. The highest BCUT2D eigenvalue weighted by molar-refractivity contribution is 6.03. The number of carbonyl (C=O) groups excluding carboxylic acids is 2. The quantitative estimate of drug-likeness (QED) is 0.769. The average molecular weight is 347 g/mol. The molecular weight excluding hydrogens is 326 g/mol. The van der Waals surface area contributed by atoms with Crippen LogP contribution in [-0.4, -0.2) is 52.6 Å². The molecule has 0 saturated carbocycles. The van der Waals surface area contributed by atoms with Crippen LogP contribution in [0, 0.1) is 0 Å². The first kappa shape index (κ1) is 17.2. The Bertz CT molecular complexity index is 716. The van der Waals surface area contributed by atoms with Crippen LogP contribution in [0.15, 0.2) is 29.5 Å². The Kier molecular flexibility index (Phi) is 5.20. The normalized spacial score (nSPS) is 17.3. The van der Waals surface area contributed by atoms with E-state index in [9.17, 15) is 9.59 Å². The standard InChI is InChI=1S/C17H21N3O5/c1-23-16(21)13-9-25-10-20(15(13)17(22)24-2)12-3-4-14-11(7-12)8-18-5-6-19-14/h3-4,7,18-19H,5-6,8-10H2,1-2H3. The van der Waals surface area contributed by atoms with Gasteiger partial charge >= 0.3 is 11.9 Å². The first-order valence-electron chi connectivity index (χ1n) is 7.98. The van der Waals surface area contributed by atoms with Gasteiger partial charge in [-0.2, -0.15) is 0 Å². The SMILES string of the molecule is COC(=O)C1=C(C(=O)OC)N(c2ccc3c(c2)CNCCN3)COC1. The molecule has 0 saturated heterocycles. The minimum atomic E-state index is -0.608. The number of rotatable bonds is 3. The Hall–Kier alpha value is -2.58. The fourth-order valence-corrected chi connectivity index (χ4v) is 2.92. The zero-order valence-electron chi connectivity index (χ0n) is 14.3. The minimum Gasteiger partial charge on any atom is -0.466 e. The van der Waals surface area contributed by atoms with Crippen molar-refractivity contribution in [2.75, 3.05) is 50.9 Å². The maximum absolute atomic E-state index is 12.3. The molecule has 2 heterocycles. The van der Waals surface area contributed by atoms with E-state index in [-0.39, 0.29) is 24.6 Å².